The van der Waals surface area contributed by atoms with Gasteiger partial charge in [0, 0.05) is 0 Å². The number of fused-ring (bicyclic) bond motifs is 1. The summed E-state index contributed by atoms with van der Waals surface area (Å²) in [6.07, 6.45) is 0.715. The van der Waals surface area contributed by atoms with Crippen molar-refractivity contribution < 1.29 is 23.9 Å². The number of amides is 2. The fourth-order valence-electron chi connectivity index (χ4n) is 2.27. The van der Waals surface area contributed by atoms with Gasteiger partial charge in [0.25, 0.3) is 11.8 Å². The summed E-state index contributed by atoms with van der Waals surface area (Å²) in [6, 6.07) is 6.84. The second-order valence-corrected chi connectivity index (χ2v) is 5.36. The smallest absolute Gasteiger partial charge is 0.309 e. The number of carbonyl (C=O) groups excluding carboxylic acids is 3. The van der Waals surface area contributed by atoms with Crippen molar-refractivity contribution >= 4 is 23.5 Å². The van der Waals surface area contributed by atoms with Gasteiger partial charge in [0.1, 0.15) is 5.75 Å². The van der Waals surface area contributed by atoms with Crippen LogP contribution in [-0.2, 0) is 19.1 Å². The molecule has 1 atom stereocenters. The van der Waals surface area contributed by atoms with E-state index < -0.39 is 17.9 Å². The van der Waals surface area contributed by atoms with E-state index in [2.05, 4.69) is 0 Å². The highest BCUT2D eigenvalue weighted by Crippen LogP contribution is 2.33. The fraction of sp³-hybridized carbons (Fsp3) is 0.400. The highest BCUT2D eigenvalue weighted by Gasteiger charge is 2.35. The highest BCUT2D eigenvalue weighted by molar-refractivity contribution is 5.98. The summed E-state index contributed by atoms with van der Waals surface area (Å²) in [5.41, 5.74) is 5.80. The van der Waals surface area contributed by atoms with Crippen LogP contribution in [0.5, 0.6) is 5.75 Å². The molecule has 2 amide bonds. The number of nitrogens with two attached hydrogens (primary N) is 1. The number of esters is 1. The van der Waals surface area contributed by atoms with Gasteiger partial charge in [-0.1, -0.05) is 12.1 Å². The molecule has 0 aromatic heterocycles. The van der Waals surface area contributed by atoms with E-state index in [1.165, 1.54) is 4.90 Å². The van der Waals surface area contributed by atoms with Crippen molar-refractivity contribution in [3.63, 3.8) is 0 Å². The Balaban J connectivity index is 1.74. The first-order chi connectivity index (χ1) is 10.6. The van der Waals surface area contributed by atoms with E-state index in [0.717, 1.165) is 12.8 Å². The Labute approximate surface area is 127 Å². The Morgan fingerprint density at radius 1 is 1.27 bits per heavy atom. The lowest BCUT2D eigenvalue weighted by molar-refractivity contribution is -0.149. The van der Waals surface area contributed by atoms with Crippen molar-refractivity contribution in [2.24, 2.45) is 11.7 Å². The van der Waals surface area contributed by atoms with E-state index >= 15 is 0 Å². The molecule has 0 bridgehead atoms. The van der Waals surface area contributed by atoms with Crippen molar-refractivity contribution in [3.05, 3.63) is 24.3 Å². The zero-order valence-corrected chi connectivity index (χ0v) is 11.9. The molecule has 7 nitrogen and oxygen atoms in total. The minimum atomic E-state index is -0.919. The molecular formula is C15H16N2O5. The number of hydrogen-bond donors (Lipinski definition) is 1. The number of hydrogen-bond acceptors (Lipinski definition) is 5. The Bertz CT molecular complexity index is 626. The number of benzene rings is 1. The molecule has 2 N–H and O–H groups in total. The molecular weight excluding hydrogens is 288 g/mol. The normalized spacial score (nSPS) is 19.8. The zero-order chi connectivity index (χ0) is 15.7. The molecule has 22 heavy (non-hydrogen) atoms. The summed E-state index contributed by atoms with van der Waals surface area (Å²) < 4.78 is 10.5. The summed E-state index contributed by atoms with van der Waals surface area (Å²) in [5, 5.41) is 0. The van der Waals surface area contributed by atoms with Gasteiger partial charge in [-0.25, -0.2) is 0 Å². The maximum absolute atomic E-state index is 12.3. The van der Waals surface area contributed by atoms with Crippen LogP contribution in [0.15, 0.2) is 24.3 Å². The summed E-state index contributed by atoms with van der Waals surface area (Å²) in [6.45, 7) is -0.346. The van der Waals surface area contributed by atoms with Crippen molar-refractivity contribution in [1.29, 1.82) is 0 Å². The van der Waals surface area contributed by atoms with E-state index in [-0.39, 0.29) is 25.0 Å². The van der Waals surface area contributed by atoms with Crippen molar-refractivity contribution in [1.82, 2.24) is 0 Å². The SMILES string of the molecule is NC(=O)C1CN(C(=O)COC(=O)C2CC2)c2ccccc2O1. The van der Waals surface area contributed by atoms with Gasteiger partial charge in [0.05, 0.1) is 18.2 Å². The molecule has 1 aliphatic carbocycles. The quantitative estimate of drug-likeness (QED) is 0.802. The van der Waals surface area contributed by atoms with Gasteiger partial charge in [0.2, 0.25) is 0 Å². The fourth-order valence-corrected chi connectivity index (χ4v) is 2.27. The largest absolute Gasteiger partial charge is 0.477 e. The third-order valence-corrected chi connectivity index (χ3v) is 3.64. The highest BCUT2D eigenvalue weighted by atomic mass is 16.5. The summed E-state index contributed by atoms with van der Waals surface area (Å²) in [5.74, 6) is -1.07. The van der Waals surface area contributed by atoms with Crippen LogP contribution in [0.1, 0.15) is 12.8 Å². The van der Waals surface area contributed by atoms with Gasteiger partial charge in [-0.3, -0.25) is 14.4 Å². The number of nitrogens with zero attached hydrogens (tertiary/aromatic N) is 1. The van der Waals surface area contributed by atoms with Crippen LogP contribution < -0.4 is 15.4 Å². The predicted octanol–water partition coefficient (Wildman–Crippen LogP) is 0.219. The molecule has 3 rings (SSSR count). The van der Waals surface area contributed by atoms with Crippen LogP contribution >= 0.6 is 0 Å². The average molecular weight is 304 g/mol. The molecule has 0 saturated heterocycles. The molecule has 2 aliphatic rings. The molecule has 0 spiro atoms. The lowest BCUT2D eigenvalue weighted by atomic mass is 10.2. The lowest BCUT2D eigenvalue weighted by Crippen LogP contribution is -2.50. The first kappa shape index (κ1) is 14.4. The molecule has 116 valence electrons. The van der Waals surface area contributed by atoms with E-state index in [9.17, 15) is 14.4 Å². The van der Waals surface area contributed by atoms with Crippen molar-refractivity contribution in [2.75, 3.05) is 18.1 Å². The van der Waals surface area contributed by atoms with Gasteiger partial charge in [-0.15, -0.1) is 0 Å². The number of para-hydroxylation sites is 2. The predicted molar refractivity (Wildman–Crippen MR) is 76.1 cm³/mol. The van der Waals surface area contributed by atoms with Crippen molar-refractivity contribution in [3.8, 4) is 5.75 Å². The summed E-state index contributed by atoms with van der Waals surface area (Å²) in [4.78, 5) is 36.6. The van der Waals surface area contributed by atoms with E-state index in [4.69, 9.17) is 15.2 Å². The molecule has 1 heterocycles. The van der Waals surface area contributed by atoms with Crippen molar-refractivity contribution in [2.45, 2.75) is 18.9 Å². The number of ether oxygens (including phenoxy) is 2. The van der Waals surface area contributed by atoms with Crippen LogP contribution in [0.4, 0.5) is 5.69 Å². The minimum absolute atomic E-state index is 0.00611. The van der Waals surface area contributed by atoms with Gasteiger partial charge in [0.15, 0.2) is 12.7 Å². The number of carbonyl (C=O) groups is 3. The second kappa shape index (κ2) is 5.67. The standard InChI is InChI=1S/C15H16N2O5/c16-14(19)12-7-17(10-3-1-2-4-11(10)22-12)13(18)8-21-15(20)9-5-6-9/h1-4,9,12H,5-8H2,(H2,16,19). The first-order valence-electron chi connectivity index (χ1n) is 7.08. The minimum Gasteiger partial charge on any atom is -0.477 e. The lowest BCUT2D eigenvalue weighted by Gasteiger charge is -2.33. The monoisotopic (exact) mass is 304 g/mol. The maximum atomic E-state index is 12.3. The summed E-state index contributed by atoms with van der Waals surface area (Å²) >= 11 is 0. The maximum Gasteiger partial charge on any atom is 0.309 e. The Hall–Kier alpha value is -2.57. The zero-order valence-electron chi connectivity index (χ0n) is 11.9. The van der Waals surface area contributed by atoms with Gasteiger partial charge < -0.3 is 20.1 Å². The Kier molecular flexibility index (Phi) is 3.70. The average Bonchev–Trinajstić information content (AvgIpc) is 3.36. The van der Waals surface area contributed by atoms with E-state index in [1.807, 2.05) is 0 Å². The molecule has 1 saturated carbocycles. The molecule has 1 aromatic rings. The van der Waals surface area contributed by atoms with Crippen LogP contribution in [0, 0.1) is 5.92 Å². The third-order valence-electron chi connectivity index (χ3n) is 3.64. The van der Waals surface area contributed by atoms with Gasteiger partial charge in [-0.2, -0.15) is 0 Å². The molecule has 1 unspecified atom stereocenters. The number of anilines is 1. The first-order valence-corrected chi connectivity index (χ1v) is 7.08. The van der Waals surface area contributed by atoms with E-state index in [1.54, 1.807) is 24.3 Å². The molecule has 7 heteroatoms. The second-order valence-electron chi connectivity index (χ2n) is 5.36. The van der Waals surface area contributed by atoms with Crippen LogP contribution in [0.2, 0.25) is 0 Å². The molecule has 1 aliphatic heterocycles. The topological polar surface area (TPSA) is 98.9 Å². The molecule has 0 radical (unpaired) electrons. The molecule has 1 aromatic carbocycles. The van der Waals surface area contributed by atoms with Crippen LogP contribution in [-0.4, -0.2) is 37.0 Å². The van der Waals surface area contributed by atoms with Crippen LogP contribution in [0.25, 0.3) is 0 Å². The van der Waals surface area contributed by atoms with Crippen LogP contribution in [0.3, 0.4) is 0 Å². The number of primary amides is 1. The van der Waals surface area contributed by atoms with Gasteiger partial charge >= 0.3 is 5.97 Å². The molecule has 1 fully saturated rings. The third kappa shape index (κ3) is 2.88. The summed E-state index contributed by atoms with van der Waals surface area (Å²) in [7, 11) is 0. The van der Waals surface area contributed by atoms with E-state index in [0.29, 0.717) is 11.4 Å². The Morgan fingerprint density at radius 3 is 2.68 bits per heavy atom. The number of rotatable bonds is 4. The Morgan fingerprint density at radius 2 is 2.00 bits per heavy atom. The van der Waals surface area contributed by atoms with Gasteiger partial charge in [-0.05, 0) is 25.0 Å².